The summed E-state index contributed by atoms with van der Waals surface area (Å²) in [6.45, 7) is 4.61. The van der Waals surface area contributed by atoms with E-state index in [1.54, 1.807) is 0 Å². The lowest BCUT2D eigenvalue weighted by molar-refractivity contribution is 0.621. The minimum atomic E-state index is -0.401. The first kappa shape index (κ1) is 35.0. The third-order valence-corrected chi connectivity index (χ3v) is 13.9. The molecule has 0 radical (unpaired) electrons. The fraction of sp³-hybridized carbons (Fsp3) is 0.0678. The Hall–Kier alpha value is -7.75. The van der Waals surface area contributed by atoms with Crippen LogP contribution >= 0.6 is 0 Å². The number of nitrogens with zero attached hydrogens (tertiary/aromatic N) is 3. The smallest absolute Gasteiger partial charge is 0.124 e. The third kappa shape index (κ3) is 4.68. The molecule has 1 spiro atoms. The zero-order chi connectivity index (χ0) is 41.2. The Morgan fingerprint density at radius 3 is 1.65 bits per heavy atom. The van der Waals surface area contributed by atoms with Crippen LogP contribution in [0.4, 0.5) is 17.1 Å². The van der Waals surface area contributed by atoms with Gasteiger partial charge in [0.15, 0.2) is 0 Å². The molecule has 0 N–H and O–H groups in total. The summed E-state index contributed by atoms with van der Waals surface area (Å²) in [5.74, 6) is 1.07. The number of benzene rings is 9. The van der Waals surface area contributed by atoms with Crippen molar-refractivity contribution >= 4 is 28.1 Å². The van der Waals surface area contributed by atoms with Gasteiger partial charge in [-0.1, -0.05) is 164 Å². The normalized spacial score (nSPS) is 14.2. The van der Waals surface area contributed by atoms with Crippen LogP contribution in [0, 0.1) is 0 Å². The zero-order valence-electron chi connectivity index (χ0n) is 34.5. The SMILES string of the molecule is CC1(C)c2cccc(N(c3ccc(-c4ccccc4)cc3)c3cccc(-c4ccc5c(c4)C4(c6ccccc6-c6ccccc64)c4ccccc4-5)c3)c2-n2c1nc1ccccc12. The van der Waals surface area contributed by atoms with Gasteiger partial charge in [0.05, 0.1) is 33.2 Å². The molecule has 0 atom stereocenters. The molecule has 3 nitrogen and oxygen atoms in total. The standard InChI is InChI=1S/C59H41N3/c1-58(2)51-26-15-29-55(56(51)62-54-28-13-12-27-53(54)60-57(58)62)61(42-33-30-39(31-34-42)38-16-4-3-5-17-38)43-19-14-18-40(36-43)41-32-35-47-46-22-8-11-25-50(46)59(52(47)37-41)48-23-9-6-20-44(48)45-21-7-10-24-49(45)59/h3-37H,1-2H3. The maximum Gasteiger partial charge on any atom is 0.124 e. The van der Waals surface area contributed by atoms with Gasteiger partial charge >= 0.3 is 0 Å². The van der Waals surface area contributed by atoms with Crippen molar-refractivity contribution in [3.8, 4) is 50.2 Å². The van der Waals surface area contributed by atoms with Crippen LogP contribution in [0.2, 0.25) is 0 Å². The molecule has 13 rings (SSSR count). The molecule has 0 saturated heterocycles. The van der Waals surface area contributed by atoms with Gasteiger partial charge in [0.1, 0.15) is 5.82 Å². The van der Waals surface area contributed by atoms with Crippen LogP contribution in [0.25, 0.3) is 61.2 Å². The van der Waals surface area contributed by atoms with Crippen LogP contribution in [0.5, 0.6) is 0 Å². The second-order valence-corrected chi connectivity index (χ2v) is 17.5. The summed E-state index contributed by atoms with van der Waals surface area (Å²) in [5.41, 5.74) is 22.6. The molecule has 10 aromatic rings. The summed E-state index contributed by atoms with van der Waals surface area (Å²) in [7, 11) is 0. The van der Waals surface area contributed by atoms with Gasteiger partial charge in [-0.15, -0.1) is 0 Å². The van der Waals surface area contributed by atoms with E-state index in [4.69, 9.17) is 4.98 Å². The second-order valence-electron chi connectivity index (χ2n) is 17.5. The Morgan fingerprint density at radius 1 is 0.403 bits per heavy atom. The highest BCUT2D eigenvalue weighted by Gasteiger charge is 2.51. The molecule has 0 bridgehead atoms. The Labute approximate surface area is 361 Å². The zero-order valence-corrected chi connectivity index (χ0v) is 34.5. The summed E-state index contributed by atoms with van der Waals surface area (Å²) in [6, 6.07) is 78.4. The van der Waals surface area contributed by atoms with Crippen LogP contribution in [-0.4, -0.2) is 9.55 Å². The van der Waals surface area contributed by atoms with Crippen molar-refractivity contribution in [1.82, 2.24) is 9.55 Å². The highest BCUT2D eigenvalue weighted by Crippen LogP contribution is 2.63. The molecule has 1 aliphatic heterocycles. The Morgan fingerprint density at radius 2 is 0.935 bits per heavy atom. The van der Waals surface area contributed by atoms with Crippen molar-refractivity contribution in [2.75, 3.05) is 4.90 Å². The molecule has 3 aliphatic rings. The largest absolute Gasteiger partial charge is 0.308 e. The van der Waals surface area contributed by atoms with Crippen molar-refractivity contribution < 1.29 is 0 Å². The van der Waals surface area contributed by atoms with E-state index in [2.05, 4.69) is 236 Å². The summed E-state index contributed by atoms with van der Waals surface area (Å²) in [5, 5.41) is 0. The molecule has 2 aliphatic carbocycles. The lowest BCUT2D eigenvalue weighted by Crippen LogP contribution is -2.25. The average Bonchev–Trinajstić information content (AvgIpc) is 4.02. The van der Waals surface area contributed by atoms with E-state index < -0.39 is 5.41 Å². The molecular formula is C59H41N3. The van der Waals surface area contributed by atoms with E-state index in [9.17, 15) is 0 Å². The number of fused-ring (bicyclic) bond motifs is 15. The minimum Gasteiger partial charge on any atom is -0.308 e. The Kier molecular flexibility index (Phi) is 7.28. The maximum atomic E-state index is 5.25. The van der Waals surface area contributed by atoms with Gasteiger partial charge in [0.2, 0.25) is 0 Å². The van der Waals surface area contributed by atoms with Crippen molar-refractivity contribution in [1.29, 1.82) is 0 Å². The summed E-state index contributed by atoms with van der Waals surface area (Å²) >= 11 is 0. The molecule has 0 amide bonds. The summed E-state index contributed by atoms with van der Waals surface area (Å²) in [4.78, 5) is 7.70. The van der Waals surface area contributed by atoms with Crippen LogP contribution in [0.3, 0.4) is 0 Å². The van der Waals surface area contributed by atoms with Gasteiger partial charge in [0, 0.05) is 11.4 Å². The first-order valence-electron chi connectivity index (χ1n) is 21.6. The Balaban J connectivity index is 1.02. The highest BCUT2D eigenvalue weighted by molar-refractivity contribution is 5.96. The van der Waals surface area contributed by atoms with Crippen LogP contribution in [0.1, 0.15) is 47.5 Å². The van der Waals surface area contributed by atoms with Crippen molar-refractivity contribution in [3.05, 3.63) is 246 Å². The molecule has 292 valence electrons. The van der Waals surface area contributed by atoms with Gasteiger partial charge in [-0.05, 0) is 135 Å². The fourth-order valence-electron chi connectivity index (χ4n) is 11.2. The predicted molar refractivity (Wildman–Crippen MR) is 255 cm³/mol. The summed E-state index contributed by atoms with van der Waals surface area (Å²) < 4.78 is 2.41. The topological polar surface area (TPSA) is 21.1 Å². The first-order valence-corrected chi connectivity index (χ1v) is 21.6. The van der Waals surface area contributed by atoms with E-state index >= 15 is 0 Å². The molecule has 3 heteroatoms. The van der Waals surface area contributed by atoms with Gasteiger partial charge in [0.25, 0.3) is 0 Å². The van der Waals surface area contributed by atoms with E-state index in [0.29, 0.717) is 0 Å². The molecule has 0 saturated carbocycles. The molecule has 2 heterocycles. The maximum absolute atomic E-state index is 5.25. The molecule has 9 aromatic carbocycles. The van der Waals surface area contributed by atoms with E-state index in [1.807, 2.05) is 0 Å². The summed E-state index contributed by atoms with van der Waals surface area (Å²) in [6.07, 6.45) is 0. The minimum absolute atomic E-state index is 0.287. The third-order valence-electron chi connectivity index (χ3n) is 13.9. The molecule has 0 fully saturated rings. The molecule has 1 aromatic heterocycles. The van der Waals surface area contributed by atoms with Crippen molar-refractivity contribution in [2.45, 2.75) is 24.7 Å². The average molecular weight is 792 g/mol. The number of imidazole rings is 1. The van der Waals surface area contributed by atoms with Gasteiger partial charge in [-0.3, -0.25) is 4.57 Å². The van der Waals surface area contributed by atoms with Crippen molar-refractivity contribution in [3.63, 3.8) is 0 Å². The lowest BCUT2D eigenvalue weighted by atomic mass is 9.70. The predicted octanol–water partition coefficient (Wildman–Crippen LogP) is 14.8. The monoisotopic (exact) mass is 791 g/mol. The molecular weight excluding hydrogens is 751 g/mol. The van der Waals surface area contributed by atoms with Gasteiger partial charge in [-0.25, -0.2) is 4.98 Å². The van der Waals surface area contributed by atoms with Crippen LogP contribution < -0.4 is 4.90 Å². The van der Waals surface area contributed by atoms with Crippen LogP contribution in [0.15, 0.2) is 212 Å². The Bertz CT molecular complexity index is 3380. The molecule has 62 heavy (non-hydrogen) atoms. The molecule has 0 unspecified atom stereocenters. The van der Waals surface area contributed by atoms with Crippen LogP contribution in [-0.2, 0) is 10.8 Å². The van der Waals surface area contributed by atoms with Gasteiger partial charge in [-0.2, -0.15) is 0 Å². The lowest BCUT2D eigenvalue weighted by Gasteiger charge is -2.31. The number of anilines is 3. The highest BCUT2D eigenvalue weighted by atomic mass is 15.2. The number of hydrogen-bond acceptors (Lipinski definition) is 2. The fourth-order valence-corrected chi connectivity index (χ4v) is 11.2. The number of rotatable bonds is 5. The number of hydrogen-bond donors (Lipinski definition) is 0. The quantitative estimate of drug-likeness (QED) is 0.173. The van der Waals surface area contributed by atoms with Crippen molar-refractivity contribution in [2.24, 2.45) is 0 Å². The van der Waals surface area contributed by atoms with Gasteiger partial charge < -0.3 is 4.90 Å². The van der Waals surface area contributed by atoms with E-state index in [-0.39, 0.29) is 5.41 Å². The van der Waals surface area contributed by atoms with E-state index in [0.717, 1.165) is 33.9 Å². The second kappa shape index (κ2) is 12.9. The van der Waals surface area contributed by atoms with E-state index in [1.165, 1.54) is 78.0 Å². The number of para-hydroxylation sites is 3. The number of aromatic nitrogens is 2. The first-order chi connectivity index (χ1) is 30.5.